The van der Waals surface area contributed by atoms with Gasteiger partial charge in [-0.2, -0.15) is 0 Å². The molecule has 0 saturated carbocycles. The Morgan fingerprint density at radius 2 is 2.11 bits per heavy atom. The second-order valence-electron chi connectivity index (χ2n) is 6.61. The number of pyridine rings is 1. The van der Waals surface area contributed by atoms with Crippen molar-refractivity contribution in [1.82, 2.24) is 4.98 Å². The van der Waals surface area contributed by atoms with Crippen LogP contribution < -0.4 is 15.0 Å². The number of anilines is 2. The average molecular weight is 369 g/mol. The lowest BCUT2D eigenvalue weighted by Gasteiger charge is -2.22. The molecule has 0 bridgehead atoms. The van der Waals surface area contributed by atoms with Crippen LogP contribution >= 0.6 is 0 Å². The molecule has 0 spiro atoms. The molecule has 2 heterocycles. The van der Waals surface area contributed by atoms with Gasteiger partial charge in [0, 0.05) is 48.7 Å². The highest BCUT2D eigenvalue weighted by Crippen LogP contribution is 2.23. The van der Waals surface area contributed by atoms with Crippen LogP contribution in [0.15, 0.2) is 36.5 Å². The van der Waals surface area contributed by atoms with Gasteiger partial charge in [0.2, 0.25) is 5.88 Å². The Labute approximate surface area is 160 Å². The van der Waals surface area contributed by atoms with Gasteiger partial charge in [0.1, 0.15) is 6.10 Å². The molecule has 1 atom stereocenters. The number of aromatic nitrogens is 1. The highest BCUT2D eigenvalue weighted by Gasteiger charge is 2.18. The van der Waals surface area contributed by atoms with Crippen LogP contribution in [-0.2, 0) is 4.74 Å². The summed E-state index contributed by atoms with van der Waals surface area (Å²) >= 11 is 0. The molecule has 1 aliphatic heterocycles. The van der Waals surface area contributed by atoms with Crippen LogP contribution in [0.1, 0.15) is 36.2 Å². The summed E-state index contributed by atoms with van der Waals surface area (Å²) in [5.41, 5.74) is 3.51. The highest BCUT2D eigenvalue weighted by molar-refractivity contribution is 6.04. The number of hydrogen-bond acceptors (Lipinski definition) is 5. The van der Waals surface area contributed by atoms with Crippen LogP contribution in [0.2, 0.25) is 0 Å². The van der Waals surface area contributed by atoms with Crippen molar-refractivity contribution in [2.75, 3.05) is 36.5 Å². The fourth-order valence-electron chi connectivity index (χ4n) is 3.16. The number of carbonyl (C=O) groups is 1. The van der Waals surface area contributed by atoms with Crippen molar-refractivity contribution >= 4 is 17.3 Å². The first-order valence-electron chi connectivity index (χ1n) is 9.48. The van der Waals surface area contributed by atoms with Gasteiger partial charge in [0.15, 0.2) is 0 Å². The maximum Gasteiger partial charge on any atom is 0.255 e. The van der Waals surface area contributed by atoms with E-state index in [1.54, 1.807) is 18.3 Å². The molecule has 3 rings (SSSR count). The first kappa shape index (κ1) is 19.2. The molecule has 1 aliphatic rings. The van der Waals surface area contributed by atoms with Gasteiger partial charge < -0.3 is 19.7 Å². The summed E-state index contributed by atoms with van der Waals surface area (Å²) in [4.78, 5) is 19.1. The van der Waals surface area contributed by atoms with Crippen LogP contribution in [0.5, 0.6) is 5.88 Å². The second kappa shape index (κ2) is 8.86. The summed E-state index contributed by atoms with van der Waals surface area (Å²) < 4.78 is 11.1. The van der Waals surface area contributed by atoms with Crippen LogP contribution in [-0.4, -0.2) is 43.3 Å². The predicted octanol–water partition coefficient (Wildman–Crippen LogP) is 3.66. The fourth-order valence-corrected chi connectivity index (χ4v) is 3.16. The van der Waals surface area contributed by atoms with Gasteiger partial charge in [-0.15, -0.1) is 0 Å². The van der Waals surface area contributed by atoms with Crippen LogP contribution in [0.4, 0.5) is 11.4 Å². The van der Waals surface area contributed by atoms with E-state index in [-0.39, 0.29) is 12.0 Å². The number of carbonyl (C=O) groups excluding carboxylic acids is 1. The molecule has 1 saturated heterocycles. The first-order chi connectivity index (χ1) is 13.1. The number of benzene rings is 1. The molecular weight excluding hydrogens is 342 g/mol. The molecule has 1 N–H and O–H groups in total. The van der Waals surface area contributed by atoms with E-state index >= 15 is 0 Å². The molecule has 6 heteroatoms. The van der Waals surface area contributed by atoms with Gasteiger partial charge in [0.05, 0.1) is 13.2 Å². The largest absolute Gasteiger partial charge is 0.472 e. The number of nitrogens with one attached hydrogen (secondary N) is 1. The normalized spacial score (nSPS) is 16.2. The number of rotatable bonds is 7. The summed E-state index contributed by atoms with van der Waals surface area (Å²) in [7, 11) is 0. The lowest BCUT2D eigenvalue weighted by Crippen LogP contribution is -2.22. The molecule has 1 fully saturated rings. The summed E-state index contributed by atoms with van der Waals surface area (Å²) in [6.45, 7) is 9.44. The topological polar surface area (TPSA) is 63.7 Å². The molecule has 27 heavy (non-hydrogen) atoms. The van der Waals surface area contributed by atoms with Crippen LogP contribution in [0.3, 0.4) is 0 Å². The summed E-state index contributed by atoms with van der Waals surface area (Å²) in [6, 6.07) is 9.45. The van der Waals surface area contributed by atoms with E-state index in [4.69, 9.17) is 9.47 Å². The molecule has 6 nitrogen and oxygen atoms in total. The van der Waals surface area contributed by atoms with Crippen molar-refractivity contribution in [3.63, 3.8) is 0 Å². The summed E-state index contributed by atoms with van der Waals surface area (Å²) in [5, 5.41) is 2.98. The van der Waals surface area contributed by atoms with Gasteiger partial charge in [-0.1, -0.05) is 0 Å². The van der Waals surface area contributed by atoms with Crippen molar-refractivity contribution in [3.8, 4) is 5.88 Å². The third kappa shape index (κ3) is 4.77. The predicted molar refractivity (Wildman–Crippen MR) is 107 cm³/mol. The van der Waals surface area contributed by atoms with Crippen molar-refractivity contribution in [1.29, 1.82) is 0 Å². The minimum atomic E-state index is -0.177. The molecule has 0 radical (unpaired) electrons. The maximum absolute atomic E-state index is 12.7. The Balaban J connectivity index is 1.69. The van der Waals surface area contributed by atoms with Gasteiger partial charge in [-0.3, -0.25) is 4.79 Å². The molecule has 2 aromatic rings. The third-order valence-corrected chi connectivity index (χ3v) is 4.76. The van der Waals surface area contributed by atoms with Gasteiger partial charge in [-0.05, 0) is 50.6 Å². The van der Waals surface area contributed by atoms with Gasteiger partial charge in [-0.25, -0.2) is 4.98 Å². The number of hydrogen-bond donors (Lipinski definition) is 1. The maximum atomic E-state index is 12.7. The Morgan fingerprint density at radius 3 is 2.78 bits per heavy atom. The molecular formula is C21H27N3O3. The van der Waals surface area contributed by atoms with E-state index in [9.17, 15) is 4.79 Å². The molecule has 1 aromatic carbocycles. The Bertz CT molecular complexity index is 784. The van der Waals surface area contributed by atoms with Crippen molar-refractivity contribution in [2.45, 2.75) is 33.3 Å². The summed E-state index contributed by atoms with van der Waals surface area (Å²) in [6.07, 6.45) is 2.44. The van der Waals surface area contributed by atoms with E-state index in [0.29, 0.717) is 24.7 Å². The SMILES string of the molecule is CCN(CC)c1ccc(NC(=O)c2ccnc(OC3CCOC3)c2)c(C)c1. The summed E-state index contributed by atoms with van der Waals surface area (Å²) in [5.74, 6) is 0.273. The first-order valence-corrected chi connectivity index (χ1v) is 9.48. The zero-order valence-electron chi connectivity index (χ0n) is 16.2. The smallest absolute Gasteiger partial charge is 0.255 e. The van der Waals surface area contributed by atoms with Crippen LogP contribution in [0, 0.1) is 6.92 Å². The lowest BCUT2D eigenvalue weighted by molar-refractivity contribution is 0.102. The Kier molecular flexibility index (Phi) is 6.29. The molecule has 1 amide bonds. The zero-order valence-corrected chi connectivity index (χ0v) is 16.2. The monoisotopic (exact) mass is 369 g/mol. The van der Waals surface area contributed by atoms with Crippen molar-refractivity contribution in [3.05, 3.63) is 47.7 Å². The van der Waals surface area contributed by atoms with E-state index in [1.807, 2.05) is 19.1 Å². The standard InChI is InChI=1S/C21H27N3O3/c1-4-24(5-2)17-6-7-19(15(3)12-17)23-21(25)16-8-10-22-20(13-16)27-18-9-11-26-14-18/h6-8,10,12-13,18H,4-5,9,11,14H2,1-3H3,(H,23,25). The minimum absolute atomic E-state index is 0.00526. The number of aryl methyl sites for hydroxylation is 1. The Hall–Kier alpha value is -2.60. The highest BCUT2D eigenvalue weighted by atomic mass is 16.5. The fraction of sp³-hybridized carbons (Fsp3) is 0.429. The number of nitrogens with zero attached hydrogens (tertiary/aromatic N) is 2. The quantitative estimate of drug-likeness (QED) is 0.807. The van der Waals surface area contributed by atoms with E-state index < -0.39 is 0 Å². The molecule has 1 unspecified atom stereocenters. The van der Waals surface area contributed by atoms with Crippen molar-refractivity contribution in [2.24, 2.45) is 0 Å². The molecule has 0 aliphatic carbocycles. The van der Waals surface area contributed by atoms with Gasteiger partial charge in [0.25, 0.3) is 5.91 Å². The molecule has 144 valence electrons. The van der Waals surface area contributed by atoms with Gasteiger partial charge >= 0.3 is 0 Å². The Morgan fingerprint density at radius 1 is 1.30 bits per heavy atom. The third-order valence-electron chi connectivity index (χ3n) is 4.76. The average Bonchev–Trinajstić information content (AvgIpc) is 3.18. The van der Waals surface area contributed by atoms with E-state index in [2.05, 4.69) is 35.1 Å². The molecule has 1 aromatic heterocycles. The lowest BCUT2D eigenvalue weighted by atomic mass is 10.1. The van der Waals surface area contributed by atoms with E-state index in [0.717, 1.165) is 36.4 Å². The second-order valence-corrected chi connectivity index (χ2v) is 6.61. The number of ether oxygens (including phenoxy) is 2. The minimum Gasteiger partial charge on any atom is -0.472 e. The van der Waals surface area contributed by atoms with Crippen molar-refractivity contribution < 1.29 is 14.3 Å². The van der Waals surface area contributed by atoms with Crippen LogP contribution in [0.25, 0.3) is 0 Å². The zero-order chi connectivity index (χ0) is 19.2. The number of amides is 1. The van der Waals surface area contributed by atoms with E-state index in [1.165, 1.54) is 0 Å².